The molecule has 2 aromatic heterocycles. The van der Waals surface area contributed by atoms with Gasteiger partial charge in [-0.25, -0.2) is 9.78 Å². The normalized spacial score (nSPS) is 17.1. The van der Waals surface area contributed by atoms with Crippen LogP contribution in [0.1, 0.15) is 31.2 Å². The molecular formula is C30H32ClN7O2. The van der Waals surface area contributed by atoms with Gasteiger partial charge in [0.05, 0.1) is 24.3 Å². The van der Waals surface area contributed by atoms with Gasteiger partial charge in [-0.2, -0.15) is 10.2 Å². The summed E-state index contributed by atoms with van der Waals surface area (Å²) < 4.78 is 6.02. The maximum absolute atomic E-state index is 12.9. The van der Waals surface area contributed by atoms with Crippen LogP contribution in [0.3, 0.4) is 0 Å². The molecule has 2 saturated heterocycles. The zero-order valence-electron chi connectivity index (χ0n) is 22.2. The number of hydrogen-bond donors (Lipinski definition) is 1. The van der Waals surface area contributed by atoms with Crippen LogP contribution in [-0.2, 0) is 6.54 Å². The minimum atomic E-state index is -0.0697. The Bertz CT molecular complexity index is 1410. The highest BCUT2D eigenvalue weighted by molar-refractivity contribution is 6.30. The molecule has 0 atom stereocenters. The van der Waals surface area contributed by atoms with Crippen molar-refractivity contribution >= 4 is 23.3 Å². The van der Waals surface area contributed by atoms with Gasteiger partial charge in [-0.3, -0.25) is 4.90 Å². The first kappa shape index (κ1) is 26.3. The zero-order chi connectivity index (χ0) is 27.4. The fraction of sp³-hybridized carbons (Fsp3) is 0.333. The minimum absolute atomic E-state index is 0.0697. The van der Waals surface area contributed by atoms with E-state index in [-0.39, 0.29) is 6.03 Å². The Morgan fingerprint density at radius 1 is 0.900 bits per heavy atom. The Kier molecular flexibility index (Phi) is 7.66. The molecule has 0 bridgehead atoms. The Labute approximate surface area is 238 Å². The molecule has 10 heteroatoms. The second kappa shape index (κ2) is 11.7. The van der Waals surface area contributed by atoms with E-state index in [0.717, 1.165) is 69.9 Å². The number of carbonyl (C=O) groups is 1. The number of piperidine rings is 2. The molecule has 9 nitrogen and oxygen atoms in total. The SMILES string of the molecule is O=C(Nc1ccc(-n2nccn2)nc1)N1CCC2(CCN(Cc3cccc(Oc4ccc(Cl)cc4)c3)CC2)CC1. The third-order valence-corrected chi connectivity index (χ3v) is 8.26. The Morgan fingerprint density at radius 2 is 1.62 bits per heavy atom. The molecule has 0 unspecified atom stereocenters. The second-order valence-corrected chi connectivity index (χ2v) is 11.1. The number of urea groups is 1. The number of likely N-dealkylation sites (tertiary alicyclic amines) is 2. The first-order valence-electron chi connectivity index (χ1n) is 13.7. The summed E-state index contributed by atoms with van der Waals surface area (Å²) in [6, 6.07) is 19.3. The molecule has 4 heterocycles. The van der Waals surface area contributed by atoms with Crippen molar-refractivity contribution in [3.8, 4) is 17.3 Å². The van der Waals surface area contributed by atoms with Gasteiger partial charge in [0.1, 0.15) is 11.5 Å². The van der Waals surface area contributed by atoms with E-state index < -0.39 is 0 Å². The quantitative estimate of drug-likeness (QED) is 0.312. The monoisotopic (exact) mass is 557 g/mol. The summed E-state index contributed by atoms with van der Waals surface area (Å²) in [4.78, 5) is 23.1. The molecule has 4 aromatic rings. The Morgan fingerprint density at radius 3 is 2.33 bits per heavy atom. The van der Waals surface area contributed by atoms with E-state index in [1.807, 2.05) is 47.4 Å². The summed E-state index contributed by atoms with van der Waals surface area (Å²) in [7, 11) is 0. The number of hydrogen-bond acceptors (Lipinski definition) is 6. The Balaban J connectivity index is 0.963. The van der Waals surface area contributed by atoms with E-state index in [4.69, 9.17) is 16.3 Å². The smallest absolute Gasteiger partial charge is 0.321 e. The first-order valence-corrected chi connectivity index (χ1v) is 14.0. The standard InChI is InChI=1S/C30H32ClN7O2/c31-24-4-7-26(8-5-24)40-27-3-1-2-23(20-27)22-36-16-10-30(11-17-36)12-18-37(19-13-30)29(39)35-25-6-9-28(32-21-25)38-33-14-15-34-38/h1-9,14-15,20-21H,10-13,16-19,22H2,(H,35,39). The van der Waals surface area contributed by atoms with Gasteiger partial charge < -0.3 is 15.0 Å². The van der Waals surface area contributed by atoms with Crippen LogP contribution in [0.4, 0.5) is 10.5 Å². The molecule has 2 aliphatic rings. The van der Waals surface area contributed by atoms with Gasteiger partial charge in [-0.1, -0.05) is 23.7 Å². The number of aromatic nitrogens is 4. The number of halogens is 1. The highest BCUT2D eigenvalue weighted by atomic mass is 35.5. The lowest BCUT2D eigenvalue weighted by molar-refractivity contribution is 0.0442. The van der Waals surface area contributed by atoms with E-state index in [2.05, 4.69) is 37.5 Å². The van der Waals surface area contributed by atoms with Crippen LogP contribution >= 0.6 is 11.6 Å². The molecule has 0 aliphatic carbocycles. The molecule has 40 heavy (non-hydrogen) atoms. The van der Waals surface area contributed by atoms with Crippen molar-refractivity contribution in [1.29, 1.82) is 0 Å². The summed E-state index contributed by atoms with van der Waals surface area (Å²) in [5.74, 6) is 2.22. The van der Waals surface area contributed by atoms with Gasteiger partial charge in [-0.05, 0) is 98.3 Å². The highest BCUT2D eigenvalue weighted by Crippen LogP contribution is 2.41. The lowest BCUT2D eigenvalue weighted by Gasteiger charge is -2.46. The van der Waals surface area contributed by atoms with Crippen LogP contribution in [0, 0.1) is 5.41 Å². The summed E-state index contributed by atoms with van der Waals surface area (Å²) in [5.41, 5.74) is 2.24. The maximum atomic E-state index is 12.9. The van der Waals surface area contributed by atoms with Crippen LogP contribution in [0.15, 0.2) is 79.3 Å². The average molecular weight is 558 g/mol. The molecule has 0 saturated carbocycles. The predicted molar refractivity (Wildman–Crippen MR) is 154 cm³/mol. The molecule has 2 aromatic carbocycles. The molecular weight excluding hydrogens is 526 g/mol. The van der Waals surface area contributed by atoms with Crippen molar-refractivity contribution < 1.29 is 9.53 Å². The number of benzene rings is 2. The van der Waals surface area contributed by atoms with Gasteiger partial charge in [0.15, 0.2) is 5.82 Å². The average Bonchev–Trinajstić information content (AvgIpc) is 3.52. The first-order chi connectivity index (χ1) is 19.5. The number of amides is 2. The topological polar surface area (TPSA) is 88.4 Å². The highest BCUT2D eigenvalue weighted by Gasteiger charge is 2.38. The number of ether oxygens (including phenoxy) is 1. The van der Waals surface area contributed by atoms with Crippen molar-refractivity contribution in [2.75, 3.05) is 31.5 Å². The molecule has 2 aliphatic heterocycles. The second-order valence-electron chi connectivity index (χ2n) is 10.6. The van der Waals surface area contributed by atoms with Crippen LogP contribution in [0.25, 0.3) is 5.82 Å². The largest absolute Gasteiger partial charge is 0.457 e. The molecule has 1 N–H and O–H groups in total. The fourth-order valence-corrected chi connectivity index (χ4v) is 5.71. The van der Waals surface area contributed by atoms with Crippen molar-refractivity contribution in [1.82, 2.24) is 29.8 Å². The summed E-state index contributed by atoms with van der Waals surface area (Å²) in [6.45, 7) is 4.60. The van der Waals surface area contributed by atoms with Gasteiger partial charge in [0, 0.05) is 24.7 Å². The zero-order valence-corrected chi connectivity index (χ0v) is 23.0. The van der Waals surface area contributed by atoms with Crippen molar-refractivity contribution in [2.24, 2.45) is 5.41 Å². The minimum Gasteiger partial charge on any atom is -0.457 e. The summed E-state index contributed by atoms with van der Waals surface area (Å²) >= 11 is 5.98. The lowest BCUT2D eigenvalue weighted by atomic mass is 9.71. The molecule has 206 valence electrons. The van der Waals surface area contributed by atoms with E-state index >= 15 is 0 Å². The molecule has 6 rings (SSSR count). The van der Waals surface area contributed by atoms with Crippen LogP contribution in [0.2, 0.25) is 5.02 Å². The van der Waals surface area contributed by atoms with E-state index in [9.17, 15) is 4.79 Å². The van der Waals surface area contributed by atoms with E-state index in [1.165, 1.54) is 10.4 Å². The molecule has 2 fully saturated rings. The van der Waals surface area contributed by atoms with Crippen molar-refractivity contribution in [3.63, 3.8) is 0 Å². The summed E-state index contributed by atoms with van der Waals surface area (Å²) in [6.07, 6.45) is 9.25. The van der Waals surface area contributed by atoms with Crippen LogP contribution in [-0.4, -0.2) is 62.0 Å². The van der Waals surface area contributed by atoms with E-state index in [0.29, 0.717) is 21.9 Å². The molecule has 2 amide bonds. The maximum Gasteiger partial charge on any atom is 0.321 e. The van der Waals surface area contributed by atoms with E-state index in [1.54, 1.807) is 24.7 Å². The van der Waals surface area contributed by atoms with Gasteiger partial charge >= 0.3 is 6.03 Å². The molecule has 1 spiro atoms. The van der Waals surface area contributed by atoms with Crippen molar-refractivity contribution in [3.05, 3.63) is 89.8 Å². The van der Waals surface area contributed by atoms with Gasteiger partial charge in [0.25, 0.3) is 0 Å². The van der Waals surface area contributed by atoms with Gasteiger partial charge in [0.2, 0.25) is 0 Å². The number of anilines is 1. The lowest BCUT2D eigenvalue weighted by Crippen LogP contribution is -2.49. The third kappa shape index (κ3) is 6.26. The summed E-state index contributed by atoms with van der Waals surface area (Å²) in [5, 5.41) is 11.8. The Hall–Kier alpha value is -3.95. The number of carbonyl (C=O) groups excluding carboxylic acids is 1. The number of nitrogens with zero attached hydrogens (tertiary/aromatic N) is 6. The fourth-order valence-electron chi connectivity index (χ4n) is 5.59. The number of rotatable bonds is 6. The molecule has 0 radical (unpaired) electrons. The van der Waals surface area contributed by atoms with Crippen LogP contribution < -0.4 is 10.1 Å². The van der Waals surface area contributed by atoms with Gasteiger partial charge in [-0.15, -0.1) is 4.80 Å². The predicted octanol–water partition coefficient (Wildman–Crippen LogP) is 6.02. The number of pyridine rings is 1. The van der Waals surface area contributed by atoms with Crippen LogP contribution in [0.5, 0.6) is 11.5 Å². The number of nitrogens with one attached hydrogen (secondary N) is 1. The third-order valence-electron chi connectivity index (χ3n) is 8.00. The van der Waals surface area contributed by atoms with Crippen molar-refractivity contribution in [2.45, 2.75) is 32.2 Å².